The van der Waals surface area contributed by atoms with Crippen molar-refractivity contribution in [3.63, 3.8) is 0 Å². The van der Waals surface area contributed by atoms with Crippen LogP contribution < -0.4 is 9.47 Å². The van der Waals surface area contributed by atoms with Crippen molar-refractivity contribution in [2.45, 2.75) is 12.1 Å². The van der Waals surface area contributed by atoms with Crippen LogP contribution in [0.25, 0.3) is 10.2 Å². The van der Waals surface area contributed by atoms with Crippen molar-refractivity contribution >= 4 is 44.9 Å². The number of aromatic nitrogens is 2. The fourth-order valence-electron chi connectivity index (χ4n) is 2.02. The zero-order valence-corrected chi connectivity index (χ0v) is 15.1. The highest BCUT2D eigenvalue weighted by Gasteiger charge is 2.09. The Morgan fingerprint density at radius 1 is 1.17 bits per heavy atom. The Morgan fingerprint density at radius 2 is 1.91 bits per heavy atom. The molecule has 0 fully saturated rings. The highest BCUT2D eigenvalue weighted by atomic mass is 35.5. The van der Waals surface area contributed by atoms with Crippen LogP contribution in [0.5, 0.6) is 11.5 Å². The number of thiophene rings is 1. The monoisotopic (exact) mass is 366 g/mol. The van der Waals surface area contributed by atoms with Crippen molar-refractivity contribution < 1.29 is 9.47 Å². The fourth-order valence-corrected chi connectivity index (χ4v) is 3.95. The molecule has 0 radical (unpaired) electrons. The van der Waals surface area contributed by atoms with E-state index in [0.29, 0.717) is 16.9 Å². The maximum atomic E-state index is 6.21. The maximum absolute atomic E-state index is 6.21. The molecule has 0 aliphatic rings. The van der Waals surface area contributed by atoms with Crippen LogP contribution in [-0.4, -0.2) is 29.4 Å². The Balaban J connectivity index is 1.55. The topological polar surface area (TPSA) is 44.2 Å². The van der Waals surface area contributed by atoms with Crippen LogP contribution in [0.3, 0.4) is 0 Å². The normalized spacial score (nSPS) is 10.9. The van der Waals surface area contributed by atoms with Crippen LogP contribution in [0.1, 0.15) is 4.88 Å². The lowest BCUT2D eigenvalue weighted by Crippen LogP contribution is -2.01. The second-order valence-corrected chi connectivity index (χ2v) is 7.40. The summed E-state index contributed by atoms with van der Waals surface area (Å²) in [5.41, 5.74) is 0. The number of aryl methyl sites for hydroxylation is 1. The van der Waals surface area contributed by atoms with E-state index in [1.807, 2.05) is 37.3 Å². The molecule has 0 saturated heterocycles. The van der Waals surface area contributed by atoms with E-state index in [1.54, 1.807) is 18.4 Å². The summed E-state index contributed by atoms with van der Waals surface area (Å²) in [4.78, 5) is 11.0. The Bertz CT molecular complexity index is 806. The van der Waals surface area contributed by atoms with Gasteiger partial charge >= 0.3 is 0 Å². The lowest BCUT2D eigenvalue weighted by Gasteiger charge is -2.06. The Kier molecular flexibility index (Phi) is 5.25. The van der Waals surface area contributed by atoms with Gasteiger partial charge < -0.3 is 9.47 Å². The van der Waals surface area contributed by atoms with Gasteiger partial charge in [0.2, 0.25) is 0 Å². The summed E-state index contributed by atoms with van der Waals surface area (Å²) < 4.78 is 10.8. The SMILES string of the molecule is COc1ccc(OCCSc2nc(Cl)c3cc(C)sc3n2)cc1. The van der Waals surface area contributed by atoms with Gasteiger partial charge in [-0.25, -0.2) is 9.97 Å². The zero-order valence-electron chi connectivity index (χ0n) is 12.7. The number of thioether (sulfide) groups is 1. The molecule has 0 bridgehead atoms. The summed E-state index contributed by atoms with van der Waals surface area (Å²) in [7, 11) is 1.64. The molecule has 4 nitrogen and oxygen atoms in total. The van der Waals surface area contributed by atoms with Gasteiger partial charge in [0, 0.05) is 16.0 Å². The first-order valence-corrected chi connectivity index (χ1v) is 9.17. The van der Waals surface area contributed by atoms with E-state index in [-0.39, 0.29) is 0 Å². The van der Waals surface area contributed by atoms with Gasteiger partial charge in [0.1, 0.15) is 21.5 Å². The second-order valence-electron chi connectivity index (χ2n) is 4.75. The van der Waals surface area contributed by atoms with Gasteiger partial charge in [-0.15, -0.1) is 11.3 Å². The van der Waals surface area contributed by atoms with E-state index in [9.17, 15) is 0 Å². The molecule has 0 spiro atoms. The third-order valence-electron chi connectivity index (χ3n) is 3.09. The fraction of sp³-hybridized carbons (Fsp3) is 0.250. The molecule has 2 heterocycles. The molecule has 120 valence electrons. The van der Waals surface area contributed by atoms with Crippen molar-refractivity contribution in [2.24, 2.45) is 0 Å². The molecule has 0 saturated carbocycles. The highest BCUT2D eigenvalue weighted by Crippen LogP contribution is 2.30. The first kappa shape index (κ1) is 16.4. The molecule has 0 aliphatic heterocycles. The average molecular weight is 367 g/mol. The summed E-state index contributed by atoms with van der Waals surface area (Å²) in [5.74, 6) is 2.38. The molecule has 0 atom stereocenters. The van der Waals surface area contributed by atoms with E-state index in [4.69, 9.17) is 21.1 Å². The van der Waals surface area contributed by atoms with Crippen LogP contribution in [0.4, 0.5) is 0 Å². The summed E-state index contributed by atoms with van der Waals surface area (Å²) in [6, 6.07) is 9.54. The molecular formula is C16H15ClN2O2S2. The summed E-state index contributed by atoms with van der Waals surface area (Å²) in [6.45, 7) is 2.61. The molecule has 2 aromatic heterocycles. The van der Waals surface area contributed by atoms with E-state index in [2.05, 4.69) is 9.97 Å². The molecular weight excluding hydrogens is 352 g/mol. The number of methoxy groups -OCH3 is 1. The van der Waals surface area contributed by atoms with Crippen LogP contribution in [0.2, 0.25) is 5.15 Å². The molecule has 0 aliphatic carbocycles. The van der Waals surface area contributed by atoms with Crippen LogP contribution >= 0.6 is 34.7 Å². The van der Waals surface area contributed by atoms with Crippen LogP contribution in [0, 0.1) is 6.92 Å². The van der Waals surface area contributed by atoms with Gasteiger partial charge in [-0.3, -0.25) is 0 Å². The quantitative estimate of drug-likeness (QED) is 0.270. The number of hydrogen-bond donors (Lipinski definition) is 0. The minimum Gasteiger partial charge on any atom is -0.497 e. The summed E-state index contributed by atoms with van der Waals surface area (Å²) >= 11 is 9.38. The minimum absolute atomic E-state index is 0.512. The van der Waals surface area contributed by atoms with E-state index >= 15 is 0 Å². The van der Waals surface area contributed by atoms with Crippen molar-refractivity contribution in [3.8, 4) is 11.5 Å². The molecule has 0 amide bonds. The number of benzene rings is 1. The summed E-state index contributed by atoms with van der Waals surface area (Å²) in [6.07, 6.45) is 0. The van der Waals surface area contributed by atoms with Crippen LogP contribution in [-0.2, 0) is 0 Å². The van der Waals surface area contributed by atoms with Gasteiger partial charge in [-0.2, -0.15) is 0 Å². The zero-order chi connectivity index (χ0) is 16.2. The van der Waals surface area contributed by atoms with E-state index in [0.717, 1.165) is 27.5 Å². The Hall–Kier alpha value is -1.50. The van der Waals surface area contributed by atoms with Crippen LogP contribution in [0.15, 0.2) is 35.5 Å². The molecule has 3 aromatic rings. The first-order valence-electron chi connectivity index (χ1n) is 6.99. The van der Waals surface area contributed by atoms with E-state index < -0.39 is 0 Å². The Morgan fingerprint density at radius 3 is 2.65 bits per heavy atom. The molecule has 3 rings (SSSR count). The lowest BCUT2D eigenvalue weighted by molar-refractivity contribution is 0.342. The molecule has 23 heavy (non-hydrogen) atoms. The molecule has 1 aromatic carbocycles. The van der Waals surface area contributed by atoms with E-state index in [1.165, 1.54) is 16.6 Å². The van der Waals surface area contributed by atoms with Gasteiger partial charge in [0.05, 0.1) is 13.7 Å². The van der Waals surface area contributed by atoms with Gasteiger partial charge in [-0.1, -0.05) is 23.4 Å². The number of fused-ring (bicyclic) bond motifs is 1. The lowest BCUT2D eigenvalue weighted by atomic mass is 10.3. The van der Waals surface area contributed by atoms with Crippen molar-refractivity contribution in [1.82, 2.24) is 9.97 Å². The predicted molar refractivity (Wildman–Crippen MR) is 96.4 cm³/mol. The van der Waals surface area contributed by atoms with Gasteiger partial charge in [0.15, 0.2) is 5.16 Å². The second kappa shape index (κ2) is 7.38. The minimum atomic E-state index is 0.512. The smallest absolute Gasteiger partial charge is 0.190 e. The third kappa shape index (κ3) is 4.07. The number of ether oxygens (including phenoxy) is 2. The third-order valence-corrected chi connectivity index (χ3v) is 5.14. The number of rotatable bonds is 6. The predicted octanol–water partition coefficient (Wildman–Crippen LogP) is 4.83. The standard InChI is InChI=1S/C16H15ClN2O2S2/c1-10-9-13-14(17)18-16(19-15(13)23-10)22-8-7-21-12-5-3-11(20-2)4-6-12/h3-6,9H,7-8H2,1-2H3. The largest absolute Gasteiger partial charge is 0.497 e. The molecule has 0 unspecified atom stereocenters. The van der Waals surface area contributed by atoms with Gasteiger partial charge in [-0.05, 0) is 37.3 Å². The molecule has 0 N–H and O–H groups in total. The van der Waals surface area contributed by atoms with Gasteiger partial charge in [0.25, 0.3) is 0 Å². The summed E-state index contributed by atoms with van der Waals surface area (Å²) in [5, 5.41) is 2.12. The van der Waals surface area contributed by atoms with Crippen molar-refractivity contribution in [3.05, 3.63) is 40.4 Å². The first-order chi connectivity index (χ1) is 11.2. The number of nitrogens with zero attached hydrogens (tertiary/aromatic N) is 2. The molecule has 7 heteroatoms. The maximum Gasteiger partial charge on any atom is 0.190 e. The van der Waals surface area contributed by atoms with Crippen molar-refractivity contribution in [1.29, 1.82) is 0 Å². The highest BCUT2D eigenvalue weighted by molar-refractivity contribution is 7.99. The Labute approximate surface area is 147 Å². The van der Waals surface area contributed by atoms with Crippen molar-refractivity contribution in [2.75, 3.05) is 19.5 Å². The number of hydrogen-bond acceptors (Lipinski definition) is 6. The average Bonchev–Trinajstić information content (AvgIpc) is 2.93. The number of halogens is 1.